The van der Waals surface area contributed by atoms with E-state index in [4.69, 9.17) is 4.74 Å². The molecule has 0 unspecified atom stereocenters. The van der Waals surface area contributed by atoms with E-state index in [1.807, 2.05) is 6.07 Å². The highest BCUT2D eigenvalue weighted by molar-refractivity contribution is 9.10. The average Bonchev–Trinajstić information content (AvgIpc) is 3.39. The van der Waals surface area contributed by atoms with Gasteiger partial charge in [0.2, 0.25) is 5.75 Å². The first-order valence-corrected chi connectivity index (χ1v) is 14.5. The van der Waals surface area contributed by atoms with Crippen LogP contribution < -0.4 is 15.8 Å². The van der Waals surface area contributed by atoms with E-state index in [2.05, 4.69) is 48.7 Å². The van der Waals surface area contributed by atoms with Crippen LogP contribution in [0.15, 0.2) is 45.9 Å². The summed E-state index contributed by atoms with van der Waals surface area (Å²) < 4.78 is 21.3. The normalized spacial score (nSPS) is 13.9. The number of hydrogen-bond donors (Lipinski definition) is 3. The molecule has 8 nitrogen and oxygen atoms in total. The number of nitrogens with one attached hydrogen (secondary N) is 1. The first-order valence-electron chi connectivity index (χ1n) is 12.3. The number of ether oxygens (including phenoxy) is 1. The van der Waals surface area contributed by atoms with Gasteiger partial charge >= 0.3 is 5.56 Å². The van der Waals surface area contributed by atoms with Gasteiger partial charge in [0.1, 0.15) is 16.5 Å². The Morgan fingerprint density at radius 1 is 1.24 bits per heavy atom. The summed E-state index contributed by atoms with van der Waals surface area (Å²) in [5, 5.41) is 14.6. The molecule has 0 atom stereocenters. The Hall–Kier alpha value is -2.51. The number of pyridine rings is 1. The fraction of sp³-hybridized carbons (Fsp3) is 0.346. The Kier molecular flexibility index (Phi) is 8.64. The van der Waals surface area contributed by atoms with E-state index in [1.165, 1.54) is 21.8 Å². The summed E-state index contributed by atoms with van der Waals surface area (Å²) in [7, 11) is 0. The smallest absolute Gasteiger partial charge is 0.300 e. The Balaban J connectivity index is 1.43. The summed E-state index contributed by atoms with van der Waals surface area (Å²) in [4.78, 5) is 25.3. The van der Waals surface area contributed by atoms with Gasteiger partial charge in [0, 0.05) is 43.3 Å². The second kappa shape index (κ2) is 12.1. The highest BCUT2D eigenvalue weighted by Gasteiger charge is 2.21. The quantitative estimate of drug-likeness (QED) is 0.190. The first kappa shape index (κ1) is 27.1. The molecule has 1 aromatic carbocycles. The molecule has 12 heteroatoms. The molecule has 1 saturated heterocycles. The number of aromatic nitrogens is 3. The van der Waals surface area contributed by atoms with E-state index in [9.17, 15) is 14.3 Å². The predicted octanol–water partition coefficient (Wildman–Crippen LogP) is 4.26. The van der Waals surface area contributed by atoms with Gasteiger partial charge in [-0.25, -0.2) is 14.4 Å². The second-order valence-electron chi connectivity index (χ2n) is 8.93. The lowest BCUT2D eigenvalue weighted by molar-refractivity contribution is 0.122. The first-order chi connectivity index (χ1) is 18.4. The van der Waals surface area contributed by atoms with Crippen LogP contribution in [0.1, 0.15) is 22.4 Å². The van der Waals surface area contributed by atoms with E-state index >= 15 is 0 Å². The van der Waals surface area contributed by atoms with Crippen LogP contribution in [0.3, 0.4) is 0 Å². The van der Waals surface area contributed by atoms with Gasteiger partial charge in [0.15, 0.2) is 5.65 Å². The molecule has 5 rings (SSSR count). The number of rotatable bonds is 9. The maximum Gasteiger partial charge on any atom is 0.300 e. The summed E-state index contributed by atoms with van der Waals surface area (Å²) in [5.41, 5.74) is 2.67. The maximum atomic E-state index is 13.9. The Morgan fingerprint density at radius 3 is 2.84 bits per heavy atom. The molecular formula is C26H27BrFN5O3S2. The zero-order chi connectivity index (χ0) is 26.6. The Labute approximate surface area is 237 Å². The molecule has 4 aromatic rings. The number of nitrogens with zero attached hydrogens (tertiary/aromatic N) is 4. The number of halogens is 2. The molecule has 0 bridgehead atoms. The Bertz CT molecular complexity index is 1510. The number of morpholine rings is 1. The topological polar surface area (TPSA) is 92.0 Å². The monoisotopic (exact) mass is 619 g/mol. The molecule has 200 valence electrons. The lowest BCUT2D eigenvalue weighted by Crippen LogP contribution is -2.36. The molecule has 0 amide bonds. The van der Waals surface area contributed by atoms with Crippen molar-refractivity contribution in [1.29, 1.82) is 0 Å². The van der Waals surface area contributed by atoms with Crippen molar-refractivity contribution in [2.24, 2.45) is 0 Å². The van der Waals surface area contributed by atoms with E-state index < -0.39 is 11.3 Å². The molecule has 1 aliphatic rings. The number of thiol groups is 1. The van der Waals surface area contributed by atoms with Crippen LogP contribution in [0.2, 0.25) is 0 Å². The lowest BCUT2D eigenvalue weighted by atomic mass is 10.0. The van der Waals surface area contributed by atoms with Crippen LogP contribution >= 0.6 is 39.9 Å². The van der Waals surface area contributed by atoms with E-state index in [0.717, 1.165) is 40.4 Å². The maximum absolute atomic E-state index is 13.9. The molecule has 2 N–H and O–H groups in total. The lowest BCUT2D eigenvalue weighted by Gasteiger charge is -2.29. The predicted molar refractivity (Wildman–Crippen MR) is 154 cm³/mol. The van der Waals surface area contributed by atoms with E-state index in [0.29, 0.717) is 54.4 Å². The molecule has 3 aromatic heterocycles. The highest BCUT2D eigenvalue weighted by atomic mass is 79.9. The molecular weight excluding hydrogens is 593 g/mol. The fourth-order valence-electron chi connectivity index (χ4n) is 4.37. The molecule has 1 fully saturated rings. The number of anilines is 1. The molecule has 4 heterocycles. The minimum absolute atomic E-state index is 0.138. The molecule has 0 spiro atoms. The third-order valence-corrected chi connectivity index (χ3v) is 8.24. The number of hydrogen-bond acceptors (Lipinski definition) is 9. The van der Waals surface area contributed by atoms with Gasteiger partial charge in [-0.3, -0.25) is 9.20 Å². The molecule has 0 saturated carbocycles. The van der Waals surface area contributed by atoms with Gasteiger partial charge in [-0.15, -0.1) is 11.3 Å². The third-order valence-electron chi connectivity index (χ3n) is 6.33. The third kappa shape index (κ3) is 5.89. The molecule has 1 aliphatic heterocycles. The van der Waals surface area contributed by atoms with Gasteiger partial charge in [0.25, 0.3) is 0 Å². The standard InChI is InChI=1S/C26H27BrFN5O3S2/c27-21-12-19(32-5-7-36-8-6-32)15-33-24(21)31-22(23(34)26(33)35)25-30-14-20(38-25)11-16-2-3-18(28)10-17(16)13-29-4-1-9-37/h2-3,10,12,14-15,29,34,37H,1,4-9,11,13H2. The van der Waals surface area contributed by atoms with Crippen molar-refractivity contribution in [3.63, 3.8) is 0 Å². The number of aromatic hydroxyl groups is 1. The van der Waals surface area contributed by atoms with Crippen molar-refractivity contribution in [3.05, 3.63) is 73.3 Å². The van der Waals surface area contributed by atoms with Gasteiger partial charge in [0.05, 0.1) is 23.4 Å². The summed E-state index contributed by atoms with van der Waals surface area (Å²) in [6, 6.07) is 6.70. The zero-order valence-electron chi connectivity index (χ0n) is 20.5. The largest absolute Gasteiger partial charge is 0.501 e. The summed E-state index contributed by atoms with van der Waals surface area (Å²) in [6.45, 7) is 4.02. The average molecular weight is 621 g/mol. The van der Waals surface area contributed by atoms with Crippen molar-refractivity contribution in [2.45, 2.75) is 19.4 Å². The zero-order valence-corrected chi connectivity index (χ0v) is 23.8. The van der Waals surface area contributed by atoms with Crippen molar-refractivity contribution in [3.8, 4) is 16.5 Å². The minimum Gasteiger partial charge on any atom is -0.501 e. The van der Waals surface area contributed by atoms with Crippen LogP contribution in [0, 0.1) is 5.82 Å². The summed E-state index contributed by atoms with van der Waals surface area (Å²) >= 11 is 9.12. The van der Waals surface area contributed by atoms with Gasteiger partial charge in [-0.2, -0.15) is 12.6 Å². The summed E-state index contributed by atoms with van der Waals surface area (Å²) in [5.74, 6) is 0.0560. The van der Waals surface area contributed by atoms with Gasteiger partial charge in [-0.1, -0.05) is 6.07 Å². The van der Waals surface area contributed by atoms with Crippen LogP contribution in [-0.2, 0) is 17.7 Å². The van der Waals surface area contributed by atoms with Gasteiger partial charge < -0.3 is 20.1 Å². The SMILES string of the molecule is O=c1c(O)c(-c2ncc(Cc3ccc(F)cc3CNCCCS)s2)nc2c(Br)cc(N3CCOCC3)cn12. The second-order valence-corrected chi connectivity index (χ2v) is 11.3. The van der Waals surface area contributed by atoms with Crippen LogP contribution in [0.25, 0.3) is 16.3 Å². The van der Waals surface area contributed by atoms with Crippen LogP contribution in [-0.4, -0.2) is 58.1 Å². The van der Waals surface area contributed by atoms with Crippen molar-refractivity contribution in [1.82, 2.24) is 19.7 Å². The number of thiazole rings is 1. The molecule has 38 heavy (non-hydrogen) atoms. The molecule has 0 radical (unpaired) electrons. The van der Waals surface area contributed by atoms with Crippen LogP contribution in [0.5, 0.6) is 5.75 Å². The van der Waals surface area contributed by atoms with Crippen molar-refractivity contribution < 1.29 is 14.2 Å². The van der Waals surface area contributed by atoms with Crippen molar-refractivity contribution in [2.75, 3.05) is 43.5 Å². The van der Waals surface area contributed by atoms with Gasteiger partial charge in [-0.05, 0) is 64.0 Å². The van der Waals surface area contributed by atoms with E-state index in [-0.39, 0.29) is 11.5 Å². The highest BCUT2D eigenvalue weighted by Crippen LogP contribution is 2.32. The number of fused-ring (bicyclic) bond motifs is 1. The van der Waals surface area contributed by atoms with E-state index in [1.54, 1.807) is 24.5 Å². The van der Waals surface area contributed by atoms with Crippen LogP contribution in [0.4, 0.5) is 10.1 Å². The molecule has 0 aliphatic carbocycles. The number of benzene rings is 1. The fourth-order valence-corrected chi connectivity index (χ4v) is 5.96. The Morgan fingerprint density at radius 2 is 2.05 bits per heavy atom. The minimum atomic E-state index is -0.564. The summed E-state index contributed by atoms with van der Waals surface area (Å²) in [6.07, 6.45) is 4.87. The van der Waals surface area contributed by atoms with Crippen molar-refractivity contribution >= 4 is 51.2 Å².